The molecule has 0 radical (unpaired) electrons. The Bertz CT molecular complexity index is 276. The molecule has 15 heavy (non-hydrogen) atoms. The van der Waals surface area contributed by atoms with Crippen LogP contribution in [0.4, 0.5) is 0 Å². The summed E-state index contributed by atoms with van der Waals surface area (Å²) in [4.78, 5) is 0. The molecule has 1 N–H and O–H groups in total. The largest absolute Gasteiger partial charge is 0.380 e. The van der Waals surface area contributed by atoms with Gasteiger partial charge in [-0.2, -0.15) is 0 Å². The third-order valence-electron chi connectivity index (χ3n) is 2.65. The van der Waals surface area contributed by atoms with E-state index in [2.05, 4.69) is 12.2 Å². The molecule has 2 unspecified atom stereocenters. The Hall–Kier alpha value is -0.130. The Balaban J connectivity index is 2.15. The van der Waals surface area contributed by atoms with Crippen molar-refractivity contribution in [3.8, 4) is 0 Å². The van der Waals surface area contributed by atoms with Gasteiger partial charge in [0.2, 0.25) is 0 Å². The summed E-state index contributed by atoms with van der Waals surface area (Å²) in [5, 5.41) is 3.31. The fourth-order valence-corrected chi connectivity index (χ4v) is 3.62. The van der Waals surface area contributed by atoms with Crippen LogP contribution in [0.3, 0.4) is 0 Å². The maximum atomic E-state index is 11.2. The van der Waals surface area contributed by atoms with Crippen LogP contribution < -0.4 is 5.32 Å². The Morgan fingerprint density at radius 2 is 2.27 bits per heavy atom. The van der Waals surface area contributed by atoms with E-state index in [1.807, 2.05) is 6.92 Å². The SMILES string of the molecule is CCOCC(C)NCC1CCS(=O)(=O)C1. The Labute approximate surface area is 92.3 Å². The van der Waals surface area contributed by atoms with E-state index in [1.165, 1.54) is 0 Å². The lowest BCUT2D eigenvalue weighted by Crippen LogP contribution is -2.34. The highest BCUT2D eigenvalue weighted by molar-refractivity contribution is 7.91. The normalized spacial score (nSPS) is 26.7. The molecule has 4 nitrogen and oxygen atoms in total. The maximum Gasteiger partial charge on any atom is 0.150 e. The van der Waals surface area contributed by atoms with Gasteiger partial charge in [-0.15, -0.1) is 0 Å². The first-order chi connectivity index (χ1) is 7.03. The van der Waals surface area contributed by atoms with Crippen LogP contribution in [0.15, 0.2) is 0 Å². The molecule has 1 heterocycles. The number of hydrogen-bond acceptors (Lipinski definition) is 4. The molecule has 0 bridgehead atoms. The van der Waals surface area contributed by atoms with E-state index >= 15 is 0 Å². The number of rotatable bonds is 6. The van der Waals surface area contributed by atoms with Gasteiger partial charge in [0.25, 0.3) is 0 Å². The highest BCUT2D eigenvalue weighted by Crippen LogP contribution is 2.17. The fourth-order valence-electron chi connectivity index (χ4n) is 1.75. The first kappa shape index (κ1) is 12.9. The van der Waals surface area contributed by atoms with Crippen LogP contribution in [0.2, 0.25) is 0 Å². The molecule has 0 spiro atoms. The summed E-state index contributed by atoms with van der Waals surface area (Å²) in [6, 6.07) is 0.299. The first-order valence-corrected chi connectivity index (χ1v) is 7.37. The molecular weight excluding hydrogens is 214 g/mol. The smallest absolute Gasteiger partial charge is 0.150 e. The van der Waals surface area contributed by atoms with Crippen molar-refractivity contribution in [1.29, 1.82) is 0 Å². The van der Waals surface area contributed by atoms with E-state index in [0.29, 0.717) is 30.1 Å². The topological polar surface area (TPSA) is 55.4 Å². The van der Waals surface area contributed by atoms with Crippen molar-refractivity contribution >= 4 is 9.84 Å². The van der Waals surface area contributed by atoms with Crippen LogP contribution in [0.5, 0.6) is 0 Å². The van der Waals surface area contributed by atoms with Crippen LogP contribution in [0, 0.1) is 5.92 Å². The molecule has 1 saturated heterocycles. The average Bonchev–Trinajstić information content (AvgIpc) is 2.52. The van der Waals surface area contributed by atoms with E-state index in [9.17, 15) is 8.42 Å². The predicted octanol–water partition coefficient (Wildman–Crippen LogP) is 0.436. The standard InChI is InChI=1S/C10H21NO3S/c1-3-14-7-9(2)11-6-10-4-5-15(12,13)8-10/h9-11H,3-8H2,1-2H3. The van der Waals surface area contributed by atoms with Gasteiger partial charge in [0, 0.05) is 12.6 Å². The molecule has 0 aromatic heterocycles. The Morgan fingerprint density at radius 3 is 2.80 bits per heavy atom. The molecular formula is C10H21NO3S. The predicted molar refractivity (Wildman–Crippen MR) is 60.7 cm³/mol. The van der Waals surface area contributed by atoms with Crippen molar-refractivity contribution in [1.82, 2.24) is 5.32 Å². The monoisotopic (exact) mass is 235 g/mol. The van der Waals surface area contributed by atoms with Gasteiger partial charge >= 0.3 is 0 Å². The summed E-state index contributed by atoms with van der Waals surface area (Å²) < 4.78 is 27.7. The van der Waals surface area contributed by atoms with E-state index in [1.54, 1.807) is 0 Å². The minimum absolute atomic E-state index is 0.291. The maximum absolute atomic E-state index is 11.2. The molecule has 0 aromatic rings. The highest BCUT2D eigenvalue weighted by Gasteiger charge is 2.27. The van der Waals surface area contributed by atoms with Gasteiger partial charge in [0.1, 0.15) is 0 Å². The molecule has 1 fully saturated rings. The van der Waals surface area contributed by atoms with Crippen LogP contribution in [-0.2, 0) is 14.6 Å². The lowest BCUT2D eigenvalue weighted by Gasteiger charge is -2.16. The third kappa shape index (κ3) is 4.95. The minimum atomic E-state index is -2.73. The lowest BCUT2D eigenvalue weighted by atomic mass is 10.1. The Morgan fingerprint density at radius 1 is 1.53 bits per heavy atom. The minimum Gasteiger partial charge on any atom is -0.380 e. The second-order valence-electron chi connectivity index (χ2n) is 4.24. The number of hydrogen-bond donors (Lipinski definition) is 1. The molecule has 0 aliphatic carbocycles. The summed E-state index contributed by atoms with van der Waals surface area (Å²) in [6.45, 7) is 6.22. The summed E-state index contributed by atoms with van der Waals surface area (Å²) in [6.07, 6.45) is 0.802. The zero-order chi connectivity index (χ0) is 11.3. The Kier molecular flexibility index (Phi) is 5.02. The molecule has 2 atom stereocenters. The van der Waals surface area contributed by atoms with Crippen LogP contribution >= 0.6 is 0 Å². The lowest BCUT2D eigenvalue weighted by molar-refractivity contribution is 0.126. The summed E-state index contributed by atoms with van der Waals surface area (Å²) >= 11 is 0. The van der Waals surface area contributed by atoms with Gasteiger partial charge in [-0.1, -0.05) is 0 Å². The van der Waals surface area contributed by atoms with Gasteiger partial charge in [-0.25, -0.2) is 8.42 Å². The van der Waals surface area contributed by atoms with Crippen molar-refractivity contribution in [2.45, 2.75) is 26.3 Å². The molecule has 90 valence electrons. The molecule has 1 aliphatic rings. The fraction of sp³-hybridized carbons (Fsp3) is 1.00. The van der Waals surface area contributed by atoms with Crippen molar-refractivity contribution < 1.29 is 13.2 Å². The zero-order valence-corrected chi connectivity index (χ0v) is 10.3. The summed E-state index contributed by atoms with van der Waals surface area (Å²) in [5.41, 5.74) is 0. The van der Waals surface area contributed by atoms with Gasteiger partial charge < -0.3 is 10.1 Å². The second kappa shape index (κ2) is 5.82. The van der Waals surface area contributed by atoms with Gasteiger partial charge in [-0.3, -0.25) is 0 Å². The molecule has 0 amide bonds. The summed E-state index contributed by atoms with van der Waals surface area (Å²) in [7, 11) is -2.73. The number of sulfone groups is 1. The average molecular weight is 235 g/mol. The van der Waals surface area contributed by atoms with Crippen molar-refractivity contribution in [2.75, 3.05) is 31.3 Å². The molecule has 1 aliphatic heterocycles. The van der Waals surface area contributed by atoms with Crippen molar-refractivity contribution in [2.24, 2.45) is 5.92 Å². The molecule has 1 rings (SSSR count). The first-order valence-electron chi connectivity index (χ1n) is 5.55. The second-order valence-corrected chi connectivity index (χ2v) is 6.47. The molecule has 0 saturated carbocycles. The van der Waals surface area contributed by atoms with E-state index in [-0.39, 0.29) is 0 Å². The highest BCUT2D eigenvalue weighted by atomic mass is 32.2. The van der Waals surface area contributed by atoms with Crippen molar-refractivity contribution in [3.63, 3.8) is 0 Å². The van der Waals surface area contributed by atoms with E-state index < -0.39 is 9.84 Å². The van der Waals surface area contributed by atoms with Crippen LogP contribution in [-0.4, -0.2) is 45.7 Å². The van der Waals surface area contributed by atoms with E-state index in [0.717, 1.165) is 19.6 Å². The number of nitrogens with one attached hydrogen (secondary N) is 1. The van der Waals surface area contributed by atoms with Crippen LogP contribution in [0.1, 0.15) is 20.3 Å². The summed E-state index contributed by atoms with van der Waals surface area (Å²) in [5.74, 6) is 1.000. The van der Waals surface area contributed by atoms with Gasteiger partial charge in [-0.05, 0) is 32.7 Å². The zero-order valence-electron chi connectivity index (χ0n) is 9.53. The van der Waals surface area contributed by atoms with E-state index in [4.69, 9.17) is 4.74 Å². The number of ether oxygens (including phenoxy) is 1. The molecule has 5 heteroatoms. The van der Waals surface area contributed by atoms with Crippen LogP contribution in [0.25, 0.3) is 0 Å². The quantitative estimate of drug-likeness (QED) is 0.725. The van der Waals surface area contributed by atoms with Crippen molar-refractivity contribution in [3.05, 3.63) is 0 Å². The van der Waals surface area contributed by atoms with Gasteiger partial charge in [0.15, 0.2) is 9.84 Å². The van der Waals surface area contributed by atoms with Gasteiger partial charge in [0.05, 0.1) is 18.1 Å². The molecule has 0 aromatic carbocycles. The third-order valence-corrected chi connectivity index (χ3v) is 4.49.